The minimum absolute atomic E-state index is 0.178. The maximum atomic E-state index is 12.8. The van der Waals surface area contributed by atoms with Crippen molar-refractivity contribution < 1.29 is 8.81 Å². The van der Waals surface area contributed by atoms with Gasteiger partial charge in [-0.05, 0) is 18.2 Å². The largest absolute Gasteiger partial charge is 0.406 e. The van der Waals surface area contributed by atoms with Gasteiger partial charge in [-0.15, -0.1) is 5.10 Å². The van der Waals surface area contributed by atoms with E-state index in [0.29, 0.717) is 11.6 Å². The Hall–Kier alpha value is -1.95. The van der Waals surface area contributed by atoms with Crippen LogP contribution in [0, 0.1) is 5.82 Å². The quantitative estimate of drug-likeness (QED) is 0.797. The van der Waals surface area contributed by atoms with E-state index < -0.39 is 0 Å². The molecule has 1 aromatic heterocycles. The fourth-order valence-electron chi connectivity index (χ4n) is 1.08. The first-order chi connectivity index (χ1) is 7.28. The Morgan fingerprint density at radius 3 is 2.93 bits per heavy atom. The first kappa shape index (κ1) is 9.60. The molecule has 0 unspecified atom stereocenters. The molecule has 5 nitrogen and oxygen atoms in total. The van der Waals surface area contributed by atoms with Crippen molar-refractivity contribution in [1.29, 1.82) is 0 Å². The van der Waals surface area contributed by atoms with E-state index in [0.717, 1.165) is 0 Å². The molecule has 0 radical (unpaired) electrons. The molecule has 3 N–H and O–H groups in total. The molecule has 0 saturated heterocycles. The van der Waals surface area contributed by atoms with Crippen LogP contribution in [0.15, 0.2) is 28.7 Å². The molecule has 0 atom stereocenters. The zero-order valence-electron chi connectivity index (χ0n) is 7.77. The number of nitrogens with one attached hydrogen (secondary N) is 1. The van der Waals surface area contributed by atoms with Gasteiger partial charge in [0.05, 0.1) is 6.54 Å². The highest BCUT2D eigenvalue weighted by molar-refractivity contribution is 5.51. The van der Waals surface area contributed by atoms with Crippen LogP contribution < -0.4 is 11.1 Å². The number of halogens is 1. The van der Waals surface area contributed by atoms with Crippen LogP contribution in [0.1, 0.15) is 5.89 Å². The summed E-state index contributed by atoms with van der Waals surface area (Å²) in [6.45, 7) is 0.178. The van der Waals surface area contributed by atoms with Crippen molar-refractivity contribution in [2.24, 2.45) is 5.73 Å². The molecule has 0 aliphatic heterocycles. The highest BCUT2D eigenvalue weighted by atomic mass is 19.1. The zero-order chi connectivity index (χ0) is 10.7. The van der Waals surface area contributed by atoms with E-state index in [1.807, 2.05) is 0 Å². The van der Waals surface area contributed by atoms with Gasteiger partial charge in [0.1, 0.15) is 5.82 Å². The molecule has 78 valence electrons. The van der Waals surface area contributed by atoms with Gasteiger partial charge in [0.25, 0.3) is 0 Å². The zero-order valence-corrected chi connectivity index (χ0v) is 7.77. The Labute approximate surface area is 85.1 Å². The number of rotatable bonds is 3. The number of anilines is 2. The van der Waals surface area contributed by atoms with Crippen LogP contribution >= 0.6 is 0 Å². The fourth-order valence-corrected chi connectivity index (χ4v) is 1.08. The summed E-state index contributed by atoms with van der Waals surface area (Å²) in [5, 5.41) is 10.1. The van der Waals surface area contributed by atoms with E-state index in [1.165, 1.54) is 12.1 Å². The molecule has 1 heterocycles. The van der Waals surface area contributed by atoms with Crippen LogP contribution in [-0.4, -0.2) is 10.2 Å². The summed E-state index contributed by atoms with van der Waals surface area (Å²) in [5.41, 5.74) is 5.84. The lowest BCUT2D eigenvalue weighted by Gasteiger charge is -1.99. The number of aromatic nitrogens is 2. The number of hydrogen-bond donors (Lipinski definition) is 2. The maximum absolute atomic E-state index is 12.8. The fraction of sp³-hybridized carbons (Fsp3) is 0.111. The van der Waals surface area contributed by atoms with E-state index >= 15 is 0 Å². The molecule has 2 rings (SSSR count). The van der Waals surface area contributed by atoms with Gasteiger partial charge in [-0.2, -0.15) is 0 Å². The van der Waals surface area contributed by atoms with Gasteiger partial charge in [0, 0.05) is 5.69 Å². The second-order valence-corrected chi connectivity index (χ2v) is 2.84. The van der Waals surface area contributed by atoms with Crippen molar-refractivity contribution in [2.45, 2.75) is 6.54 Å². The minimum atomic E-state index is -0.335. The van der Waals surface area contributed by atoms with Crippen molar-refractivity contribution in [3.05, 3.63) is 36.0 Å². The van der Waals surface area contributed by atoms with Crippen LogP contribution in [0.2, 0.25) is 0 Å². The molecule has 0 amide bonds. The van der Waals surface area contributed by atoms with Gasteiger partial charge >= 0.3 is 6.01 Å². The summed E-state index contributed by atoms with van der Waals surface area (Å²) < 4.78 is 17.9. The lowest BCUT2D eigenvalue weighted by molar-refractivity contribution is 0.511. The lowest BCUT2D eigenvalue weighted by Crippen LogP contribution is -1.95. The van der Waals surface area contributed by atoms with Crippen LogP contribution in [0.3, 0.4) is 0 Å². The summed E-state index contributed by atoms with van der Waals surface area (Å²) >= 11 is 0. The Kier molecular flexibility index (Phi) is 2.59. The van der Waals surface area contributed by atoms with Crippen LogP contribution in [-0.2, 0) is 6.54 Å². The average Bonchev–Trinajstić information content (AvgIpc) is 2.65. The number of nitrogens with zero attached hydrogens (tertiary/aromatic N) is 2. The third-order valence-corrected chi connectivity index (χ3v) is 1.72. The van der Waals surface area contributed by atoms with Crippen molar-refractivity contribution >= 4 is 11.7 Å². The molecular formula is C9H9FN4O. The predicted molar refractivity (Wildman–Crippen MR) is 51.9 cm³/mol. The average molecular weight is 208 g/mol. The Morgan fingerprint density at radius 1 is 1.40 bits per heavy atom. The van der Waals surface area contributed by atoms with Gasteiger partial charge in [-0.25, -0.2) is 4.39 Å². The van der Waals surface area contributed by atoms with Crippen LogP contribution in [0.25, 0.3) is 0 Å². The highest BCUT2D eigenvalue weighted by Gasteiger charge is 2.04. The predicted octanol–water partition coefficient (Wildman–Crippen LogP) is 1.41. The third kappa shape index (κ3) is 2.29. The van der Waals surface area contributed by atoms with Crippen molar-refractivity contribution in [1.82, 2.24) is 10.2 Å². The summed E-state index contributed by atoms with van der Waals surface area (Å²) in [7, 11) is 0. The number of benzene rings is 1. The highest BCUT2D eigenvalue weighted by Crippen LogP contribution is 2.15. The standard InChI is InChI=1S/C9H9FN4O/c10-6-2-1-3-7(4-6)12-9-14-13-8(5-11)15-9/h1-4H,5,11H2,(H,12,14). The van der Waals surface area contributed by atoms with Crippen molar-refractivity contribution in [3.8, 4) is 0 Å². The normalized spacial score (nSPS) is 10.3. The van der Waals surface area contributed by atoms with Gasteiger partial charge in [0.2, 0.25) is 5.89 Å². The molecule has 15 heavy (non-hydrogen) atoms. The molecule has 0 saturated carbocycles. The molecule has 0 spiro atoms. The third-order valence-electron chi connectivity index (χ3n) is 1.72. The lowest BCUT2D eigenvalue weighted by atomic mass is 10.3. The molecule has 1 aromatic carbocycles. The van der Waals surface area contributed by atoms with Crippen LogP contribution in [0.5, 0.6) is 0 Å². The second-order valence-electron chi connectivity index (χ2n) is 2.84. The molecule has 2 aromatic rings. The Bertz CT molecular complexity index is 457. The molecule has 6 heteroatoms. The van der Waals surface area contributed by atoms with Crippen molar-refractivity contribution in [3.63, 3.8) is 0 Å². The molecule has 0 fully saturated rings. The topological polar surface area (TPSA) is 77.0 Å². The number of hydrogen-bond acceptors (Lipinski definition) is 5. The smallest absolute Gasteiger partial charge is 0.320 e. The van der Waals surface area contributed by atoms with Gasteiger partial charge in [-0.3, -0.25) is 0 Å². The number of nitrogens with two attached hydrogens (primary N) is 1. The molecule has 0 aliphatic rings. The van der Waals surface area contributed by atoms with E-state index in [1.54, 1.807) is 12.1 Å². The van der Waals surface area contributed by atoms with E-state index in [2.05, 4.69) is 15.5 Å². The van der Waals surface area contributed by atoms with E-state index in [4.69, 9.17) is 10.2 Å². The summed E-state index contributed by atoms with van der Waals surface area (Å²) in [4.78, 5) is 0. The van der Waals surface area contributed by atoms with Crippen LogP contribution in [0.4, 0.5) is 16.1 Å². The Morgan fingerprint density at radius 2 is 2.27 bits per heavy atom. The van der Waals surface area contributed by atoms with Crippen molar-refractivity contribution in [2.75, 3.05) is 5.32 Å². The van der Waals surface area contributed by atoms with E-state index in [-0.39, 0.29) is 18.4 Å². The second kappa shape index (κ2) is 4.05. The monoisotopic (exact) mass is 208 g/mol. The maximum Gasteiger partial charge on any atom is 0.320 e. The first-order valence-corrected chi connectivity index (χ1v) is 4.33. The van der Waals surface area contributed by atoms with E-state index in [9.17, 15) is 4.39 Å². The molecular weight excluding hydrogens is 199 g/mol. The summed E-state index contributed by atoms with van der Waals surface area (Å²) in [6.07, 6.45) is 0. The Balaban J connectivity index is 2.14. The van der Waals surface area contributed by atoms with Gasteiger partial charge in [-0.1, -0.05) is 11.2 Å². The SMILES string of the molecule is NCc1nnc(Nc2cccc(F)c2)o1. The van der Waals surface area contributed by atoms with Gasteiger partial charge in [0.15, 0.2) is 0 Å². The minimum Gasteiger partial charge on any atom is -0.406 e. The summed E-state index contributed by atoms with van der Waals surface area (Å²) in [6, 6.07) is 6.14. The molecule has 0 aliphatic carbocycles. The first-order valence-electron chi connectivity index (χ1n) is 4.33. The summed E-state index contributed by atoms with van der Waals surface area (Å²) in [5.74, 6) is -0.00698. The molecule has 0 bridgehead atoms. The van der Waals surface area contributed by atoms with Gasteiger partial charge < -0.3 is 15.5 Å².